The van der Waals surface area contributed by atoms with Gasteiger partial charge in [-0.05, 0) is 6.42 Å². The van der Waals surface area contributed by atoms with Crippen molar-refractivity contribution in [3.63, 3.8) is 0 Å². The van der Waals surface area contributed by atoms with Crippen LogP contribution >= 0.6 is 0 Å². The zero-order valence-electron chi connectivity index (χ0n) is 6.10. The predicted molar refractivity (Wildman–Crippen MR) is 33.8 cm³/mol. The lowest BCUT2D eigenvalue weighted by Gasteiger charge is -2.09. The Morgan fingerprint density at radius 2 is 2.00 bits per heavy atom. The molecule has 0 aliphatic carbocycles. The van der Waals surface area contributed by atoms with Gasteiger partial charge in [-0.2, -0.15) is 0 Å². The van der Waals surface area contributed by atoms with E-state index in [0.717, 1.165) is 0 Å². The lowest BCUT2D eigenvalue weighted by molar-refractivity contribution is -0.324. The summed E-state index contributed by atoms with van der Waals surface area (Å²) in [6, 6.07) is -1.09. The van der Waals surface area contributed by atoms with Gasteiger partial charge < -0.3 is 11.5 Å². The zero-order valence-corrected chi connectivity index (χ0v) is 6.10. The van der Waals surface area contributed by atoms with Crippen LogP contribution in [0.1, 0.15) is 6.42 Å². The van der Waals surface area contributed by atoms with Crippen LogP contribution in [-0.4, -0.2) is 24.9 Å². The van der Waals surface area contributed by atoms with Crippen LogP contribution < -0.4 is 11.5 Å². The van der Waals surface area contributed by atoms with Crippen LogP contribution in [0.4, 0.5) is 13.2 Å². The van der Waals surface area contributed by atoms with Gasteiger partial charge in [0.15, 0.2) is 0 Å². The summed E-state index contributed by atoms with van der Waals surface area (Å²) in [7, 11) is 0. The molecule has 0 fully saturated rings. The third-order valence-corrected chi connectivity index (χ3v) is 1.06. The number of hydrogen-bond donors (Lipinski definition) is 2. The zero-order chi connectivity index (χ0) is 9.78. The van der Waals surface area contributed by atoms with Crippen molar-refractivity contribution in [2.24, 2.45) is 11.5 Å². The van der Waals surface area contributed by atoms with E-state index in [1.54, 1.807) is 0 Å². The highest BCUT2D eigenvalue weighted by Crippen LogP contribution is 2.16. The molecule has 0 radical (unpaired) electrons. The average molecular weight is 186 g/mol. The highest BCUT2D eigenvalue weighted by Gasteiger charge is 2.29. The molecule has 0 aliphatic rings. The van der Waals surface area contributed by atoms with E-state index in [4.69, 9.17) is 5.73 Å². The molecule has 0 spiro atoms. The maximum atomic E-state index is 11.3. The average Bonchev–Trinajstić information content (AvgIpc) is 1.84. The number of hydrogen-bond acceptors (Lipinski definition) is 3. The summed E-state index contributed by atoms with van der Waals surface area (Å²) in [5.74, 6) is -0.847. The fourth-order valence-corrected chi connectivity index (χ4v) is 0.444. The van der Waals surface area contributed by atoms with Crippen molar-refractivity contribution >= 4 is 5.91 Å². The number of nitrogens with two attached hydrogens (primary N) is 2. The molecule has 0 rings (SSSR count). The number of rotatable bonds is 4. The van der Waals surface area contributed by atoms with Gasteiger partial charge in [-0.3, -0.25) is 9.53 Å². The van der Waals surface area contributed by atoms with Crippen molar-refractivity contribution in [1.82, 2.24) is 0 Å². The number of primary amides is 1. The van der Waals surface area contributed by atoms with Crippen LogP contribution in [0.15, 0.2) is 0 Å². The molecule has 0 saturated carbocycles. The normalized spacial score (nSPS) is 14.3. The van der Waals surface area contributed by atoms with Crippen molar-refractivity contribution in [3.05, 3.63) is 0 Å². The summed E-state index contributed by atoms with van der Waals surface area (Å²) in [5.41, 5.74) is 9.71. The molecule has 0 aromatic carbocycles. The second-order valence-corrected chi connectivity index (χ2v) is 2.09. The second kappa shape index (κ2) is 4.27. The fourth-order valence-electron chi connectivity index (χ4n) is 0.444. The van der Waals surface area contributed by atoms with Crippen molar-refractivity contribution in [1.29, 1.82) is 0 Å². The minimum absolute atomic E-state index is 0.241. The standard InChI is InChI=1S/C5H9F3N2O2/c6-5(7,8)12-2-1-3(9)4(10)11/h3H,1-2,9H2,(H2,10,11). The first kappa shape index (κ1) is 11.2. The van der Waals surface area contributed by atoms with Crippen LogP contribution in [0.5, 0.6) is 0 Å². The summed E-state index contributed by atoms with van der Waals surface area (Å²) < 4.78 is 37.3. The van der Waals surface area contributed by atoms with E-state index in [2.05, 4.69) is 10.5 Å². The van der Waals surface area contributed by atoms with E-state index in [9.17, 15) is 18.0 Å². The molecule has 0 aromatic rings. The summed E-state index contributed by atoms with van der Waals surface area (Å²) in [4.78, 5) is 10.2. The van der Waals surface area contributed by atoms with Gasteiger partial charge in [0.25, 0.3) is 0 Å². The molecule has 4 nitrogen and oxygen atoms in total. The molecule has 0 saturated heterocycles. The molecule has 12 heavy (non-hydrogen) atoms. The summed E-state index contributed by atoms with van der Waals surface area (Å²) in [6.07, 6.45) is -4.92. The van der Waals surface area contributed by atoms with Gasteiger partial charge >= 0.3 is 6.36 Å². The molecule has 1 amide bonds. The van der Waals surface area contributed by atoms with Crippen molar-refractivity contribution in [3.8, 4) is 0 Å². The number of amides is 1. The Labute approximate surface area is 66.7 Å². The molecule has 0 aliphatic heterocycles. The van der Waals surface area contributed by atoms with Gasteiger partial charge in [0, 0.05) is 0 Å². The molecule has 1 atom stereocenters. The highest BCUT2D eigenvalue weighted by molar-refractivity contribution is 5.79. The first-order valence-corrected chi connectivity index (χ1v) is 3.08. The van der Waals surface area contributed by atoms with Gasteiger partial charge in [-0.1, -0.05) is 0 Å². The molecular formula is C5H9F3N2O2. The van der Waals surface area contributed by atoms with Crippen LogP contribution in [0, 0.1) is 0 Å². The number of halogens is 3. The van der Waals surface area contributed by atoms with Crippen molar-refractivity contribution < 1.29 is 22.7 Å². The quantitative estimate of drug-likeness (QED) is 0.634. The smallest absolute Gasteiger partial charge is 0.368 e. The topological polar surface area (TPSA) is 78.3 Å². The predicted octanol–water partition coefficient (Wildman–Crippen LogP) is -0.275. The number of carbonyl (C=O) groups excluding carboxylic acids is 1. The second-order valence-electron chi connectivity index (χ2n) is 2.09. The Balaban J connectivity index is 3.51. The van der Waals surface area contributed by atoms with Crippen molar-refractivity contribution in [2.45, 2.75) is 18.8 Å². The molecule has 7 heteroatoms. The van der Waals surface area contributed by atoms with Gasteiger partial charge in [0.1, 0.15) is 0 Å². The lowest BCUT2D eigenvalue weighted by Crippen LogP contribution is -2.37. The van der Waals surface area contributed by atoms with E-state index >= 15 is 0 Å². The van der Waals surface area contributed by atoms with E-state index in [1.165, 1.54) is 0 Å². The molecule has 1 unspecified atom stereocenters. The highest BCUT2D eigenvalue weighted by atomic mass is 19.4. The summed E-state index contributed by atoms with van der Waals surface area (Å²) >= 11 is 0. The molecule has 0 bridgehead atoms. The van der Waals surface area contributed by atoms with E-state index in [1.807, 2.05) is 0 Å². The number of alkyl halides is 3. The largest absolute Gasteiger partial charge is 0.522 e. The molecule has 4 N–H and O–H groups in total. The van der Waals surface area contributed by atoms with Gasteiger partial charge in [0.05, 0.1) is 12.6 Å². The summed E-state index contributed by atoms with van der Waals surface area (Å²) in [6.45, 7) is -0.659. The monoisotopic (exact) mass is 186 g/mol. The Bertz CT molecular complexity index is 159. The molecule has 0 aromatic heterocycles. The minimum Gasteiger partial charge on any atom is -0.368 e. The van der Waals surface area contributed by atoms with Crippen LogP contribution in [-0.2, 0) is 9.53 Å². The molecule has 72 valence electrons. The molecular weight excluding hydrogens is 177 g/mol. The maximum Gasteiger partial charge on any atom is 0.522 e. The van der Waals surface area contributed by atoms with Gasteiger partial charge in [0.2, 0.25) is 5.91 Å². The summed E-state index contributed by atoms with van der Waals surface area (Å²) in [5, 5.41) is 0. The first-order chi connectivity index (χ1) is 5.33. The van der Waals surface area contributed by atoms with Gasteiger partial charge in [-0.15, -0.1) is 13.2 Å². The van der Waals surface area contributed by atoms with E-state index in [0.29, 0.717) is 0 Å². The van der Waals surface area contributed by atoms with Crippen LogP contribution in [0.2, 0.25) is 0 Å². The lowest BCUT2D eigenvalue weighted by atomic mass is 10.2. The van der Waals surface area contributed by atoms with Gasteiger partial charge in [-0.25, -0.2) is 0 Å². The third kappa shape index (κ3) is 5.93. The Morgan fingerprint density at radius 1 is 1.50 bits per heavy atom. The number of ether oxygens (including phenoxy) is 1. The Kier molecular flexibility index (Phi) is 3.98. The Morgan fingerprint density at radius 3 is 2.33 bits per heavy atom. The third-order valence-electron chi connectivity index (χ3n) is 1.06. The van der Waals surface area contributed by atoms with E-state index < -0.39 is 24.9 Å². The fraction of sp³-hybridized carbons (Fsp3) is 0.800. The van der Waals surface area contributed by atoms with E-state index in [-0.39, 0.29) is 6.42 Å². The molecule has 0 heterocycles. The minimum atomic E-state index is -4.68. The first-order valence-electron chi connectivity index (χ1n) is 3.08. The van der Waals surface area contributed by atoms with Crippen LogP contribution in [0.3, 0.4) is 0 Å². The maximum absolute atomic E-state index is 11.3. The van der Waals surface area contributed by atoms with Crippen molar-refractivity contribution in [2.75, 3.05) is 6.61 Å². The SMILES string of the molecule is NC(=O)C(N)CCOC(F)(F)F. The Hall–Kier alpha value is -0.820. The number of carbonyl (C=O) groups is 1. The van der Waals surface area contributed by atoms with Crippen LogP contribution in [0.25, 0.3) is 0 Å².